The first-order chi connectivity index (χ1) is 8.19. The van der Waals surface area contributed by atoms with Gasteiger partial charge in [0.15, 0.2) is 0 Å². The first-order valence-electron chi connectivity index (χ1n) is 4.80. The number of aryl methyl sites for hydroxylation is 1. The predicted octanol–water partition coefficient (Wildman–Crippen LogP) is 1.50. The molecule has 0 unspecified atom stereocenters. The normalized spacial score (nSPS) is 10.0. The number of ether oxygens (including phenoxy) is 1. The van der Waals surface area contributed by atoms with E-state index in [4.69, 9.17) is 4.74 Å². The third-order valence-electron chi connectivity index (χ3n) is 1.98. The number of anilines is 1. The average Bonchev–Trinajstić information content (AvgIpc) is 2.77. The van der Waals surface area contributed by atoms with Crippen LogP contribution in [0.5, 0.6) is 5.19 Å². The molecular formula is C10H10N4O2S. The average molecular weight is 250 g/mol. The van der Waals surface area contributed by atoms with Gasteiger partial charge in [-0.05, 0) is 30.4 Å². The van der Waals surface area contributed by atoms with Gasteiger partial charge in [0.2, 0.25) is 5.13 Å². The standard InChI is InChI=1S/C10H10N4O2S/c1-6-3-4-7(5-11-6)8(15)12-9-13-14-10(16-2)17-9/h3-5H,1-2H3,(H,12,13,15). The fourth-order valence-electron chi connectivity index (χ4n) is 1.11. The Morgan fingerprint density at radius 1 is 1.41 bits per heavy atom. The molecule has 0 aliphatic carbocycles. The number of carbonyl (C=O) groups excluding carboxylic acids is 1. The molecule has 0 aliphatic heterocycles. The second-order valence-corrected chi connectivity index (χ2v) is 4.16. The van der Waals surface area contributed by atoms with E-state index in [1.807, 2.05) is 6.92 Å². The van der Waals surface area contributed by atoms with Gasteiger partial charge in [0.25, 0.3) is 11.1 Å². The minimum absolute atomic E-state index is 0.267. The van der Waals surface area contributed by atoms with Crippen molar-refractivity contribution in [3.8, 4) is 5.19 Å². The minimum atomic E-state index is -0.267. The zero-order valence-corrected chi connectivity index (χ0v) is 10.1. The summed E-state index contributed by atoms with van der Waals surface area (Å²) in [5, 5.41) is 10.9. The lowest BCUT2D eigenvalue weighted by Gasteiger charge is -2.00. The summed E-state index contributed by atoms with van der Waals surface area (Å²) in [6.45, 7) is 1.86. The first-order valence-corrected chi connectivity index (χ1v) is 5.62. The summed E-state index contributed by atoms with van der Waals surface area (Å²) in [5.74, 6) is -0.267. The first kappa shape index (κ1) is 11.5. The zero-order chi connectivity index (χ0) is 12.3. The van der Waals surface area contributed by atoms with Crippen LogP contribution in [0.2, 0.25) is 0 Å². The number of nitrogens with zero attached hydrogens (tertiary/aromatic N) is 3. The van der Waals surface area contributed by atoms with Gasteiger partial charge in [-0.25, -0.2) is 0 Å². The van der Waals surface area contributed by atoms with Crippen LogP contribution in [0.15, 0.2) is 18.3 Å². The maximum Gasteiger partial charge on any atom is 0.295 e. The van der Waals surface area contributed by atoms with Crippen LogP contribution in [0, 0.1) is 6.92 Å². The molecule has 2 aromatic heterocycles. The lowest BCUT2D eigenvalue weighted by Crippen LogP contribution is -2.12. The van der Waals surface area contributed by atoms with Gasteiger partial charge in [0.1, 0.15) is 0 Å². The molecule has 17 heavy (non-hydrogen) atoms. The molecule has 6 nitrogen and oxygen atoms in total. The van der Waals surface area contributed by atoms with Crippen LogP contribution in [0.4, 0.5) is 5.13 Å². The summed E-state index contributed by atoms with van der Waals surface area (Å²) >= 11 is 1.16. The molecule has 7 heteroatoms. The van der Waals surface area contributed by atoms with E-state index in [1.54, 1.807) is 12.1 Å². The van der Waals surface area contributed by atoms with Crippen LogP contribution in [0.3, 0.4) is 0 Å². The maximum absolute atomic E-state index is 11.8. The molecule has 0 aliphatic rings. The minimum Gasteiger partial charge on any atom is -0.472 e. The molecule has 0 fully saturated rings. The molecule has 0 aromatic carbocycles. The highest BCUT2D eigenvalue weighted by molar-refractivity contribution is 7.17. The van der Waals surface area contributed by atoms with Gasteiger partial charge in [-0.15, -0.1) is 5.10 Å². The van der Waals surface area contributed by atoms with Crippen LogP contribution < -0.4 is 10.1 Å². The van der Waals surface area contributed by atoms with Gasteiger partial charge >= 0.3 is 0 Å². The quantitative estimate of drug-likeness (QED) is 0.893. The van der Waals surface area contributed by atoms with Crippen LogP contribution in [0.1, 0.15) is 16.1 Å². The van der Waals surface area contributed by atoms with Gasteiger partial charge < -0.3 is 4.74 Å². The van der Waals surface area contributed by atoms with Crippen molar-refractivity contribution in [2.45, 2.75) is 6.92 Å². The molecule has 0 saturated heterocycles. The maximum atomic E-state index is 11.8. The number of hydrogen-bond acceptors (Lipinski definition) is 6. The Hall–Kier alpha value is -2.02. The second kappa shape index (κ2) is 4.88. The molecule has 0 radical (unpaired) electrons. The molecule has 0 spiro atoms. The van der Waals surface area contributed by atoms with Gasteiger partial charge in [-0.1, -0.05) is 5.10 Å². The fourth-order valence-corrected chi connectivity index (χ4v) is 1.67. The van der Waals surface area contributed by atoms with Crippen LogP contribution in [-0.4, -0.2) is 28.2 Å². The molecular weight excluding hydrogens is 240 g/mol. The SMILES string of the molecule is COc1nnc(NC(=O)c2ccc(C)nc2)s1. The molecule has 0 saturated carbocycles. The summed E-state index contributed by atoms with van der Waals surface area (Å²) < 4.78 is 4.88. The Morgan fingerprint density at radius 2 is 2.24 bits per heavy atom. The van der Waals surface area contributed by atoms with E-state index in [-0.39, 0.29) is 5.91 Å². The smallest absolute Gasteiger partial charge is 0.295 e. The molecule has 1 amide bonds. The molecule has 2 heterocycles. The van der Waals surface area contributed by atoms with Crippen molar-refractivity contribution in [3.05, 3.63) is 29.6 Å². The van der Waals surface area contributed by atoms with Gasteiger partial charge in [0.05, 0.1) is 12.7 Å². The lowest BCUT2D eigenvalue weighted by atomic mass is 10.2. The van der Waals surface area contributed by atoms with Crippen molar-refractivity contribution in [3.63, 3.8) is 0 Å². The van der Waals surface area contributed by atoms with Gasteiger partial charge in [-0.2, -0.15) is 0 Å². The van der Waals surface area contributed by atoms with Crippen molar-refractivity contribution < 1.29 is 9.53 Å². The summed E-state index contributed by atoms with van der Waals surface area (Å²) in [4.78, 5) is 15.8. The summed E-state index contributed by atoms with van der Waals surface area (Å²) in [5.41, 5.74) is 1.34. The topological polar surface area (TPSA) is 77.0 Å². The monoisotopic (exact) mass is 250 g/mol. The number of carbonyl (C=O) groups is 1. The number of hydrogen-bond donors (Lipinski definition) is 1. The van der Waals surface area contributed by atoms with Crippen molar-refractivity contribution in [2.75, 3.05) is 12.4 Å². The summed E-state index contributed by atoms with van der Waals surface area (Å²) in [7, 11) is 1.50. The van der Waals surface area contributed by atoms with Crippen molar-refractivity contribution in [2.24, 2.45) is 0 Å². The van der Waals surface area contributed by atoms with E-state index in [9.17, 15) is 4.79 Å². The Balaban J connectivity index is 2.08. The molecule has 2 aromatic rings. The molecule has 88 valence electrons. The van der Waals surface area contributed by atoms with E-state index < -0.39 is 0 Å². The van der Waals surface area contributed by atoms with Crippen LogP contribution in [0.25, 0.3) is 0 Å². The Morgan fingerprint density at radius 3 is 2.82 bits per heavy atom. The highest BCUT2D eigenvalue weighted by Gasteiger charge is 2.10. The predicted molar refractivity (Wildman–Crippen MR) is 63.4 cm³/mol. The number of amides is 1. The van der Waals surface area contributed by atoms with Crippen LogP contribution >= 0.6 is 11.3 Å². The number of aromatic nitrogens is 3. The zero-order valence-electron chi connectivity index (χ0n) is 9.30. The van der Waals surface area contributed by atoms with E-state index >= 15 is 0 Å². The van der Waals surface area contributed by atoms with Gasteiger partial charge in [-0.3, -0.25) is 15.1 Å². The largest absolute Gasteiger partial charge is 0.472 e. The highest BCUT2D eigenvalue weighted by atomic mass is 32.1. The molecule has 1 N–H and O–H groups in total. The number of rotatable bonds is 3. The third kappa shape index (κ3) is 2.76. The number of nitrogens with one attached hydrogen (secondary N) is 1. The fraction of sp³-hybridized carbons (Fsp3) is 0.200. The summed E-state index contributed by atoms with van der Waals surface area (Å²) in [6, 6.07) is 3.48. The molecule has 0 bridgehead atoms. The van der Waals surface area contributed by atoms with E-state index in [1.165, 1.54) is 13.3 Å². The van der Waals surface area contributed by atoms with Crippen molar-refractivity contribution in [1.82, 2.24) is 15.2 Å². The Kier molecular flexibility index (Phi) is 3.29. The Bertz CT molecular complexity index is 523. The van der Waals surface area contributed by atoms with E-state index in [0.717, 1.165) is 17.0 Å². The van der Waals surface area contributed by atoms with E-state index in [2.05, 4.69) is 20.5 Å². The second-order valence-electron chi connectivity index (χ2n) is 3.22. The molecule has 0 atom stereocenters. The lowest BCUT2D eigenvalue weighted by molar-refractivity contribution is 0.102. The van der Waals surface area contributed by atoms with Crippen molar-refractivity contribution >= 4 is 22.4 Å². The summed E-state index contributed by atoms with van der Waals surface area (Å²) in [6.07, 6.45) is 1.52. The third-order valence-corrected chi connectivity index (χ3v) is 2.78. The van der Waals surface area contributed by atoms with Gasteiger partial charge in [0, 0.05) is 11.9 Å². The number of pyridine rings is 1. The number of methoxy groups -OCH3 is 1. The highest BCUT2D eigenvalue weighted by Crippen LogP contribution is 2.21. The molecule has 2 rings (SSSR count). The van der Waals surface area contributed by atoms with E-state index in [0.29, 0.717) is 15.9 Å². The van der Waals surface area contributed by atoms with Crippen LogP contribution in [-0.2, 0) is 0 Å². The Labute approximate surface area is 102 Å². The van der Waals surface area contributed by atoms with Crippen molar-refractivity contribution in [1.29, 1.82) is 0 Å².